The highest BCUT2D eigenvalue weighted by Gasteiger charge is 2.13. The highest BCUT2D eigenvalue weighted by molar-refractivity contribution is 5.95. The standard InChI is InChI=1S/C15H10F2N2O3/c16-12-6-10(15(21)22)7-13(17)11(12)8-18-19-14(20)9-4-2-1-3-5-9/h1-8H,(H,19,20)(H,21,22)/b18-8+. The molecule has 0 saturated carbocycles. The first-order chi connectivity index (χ1) is 10.5. The van der Waals surface area contributed by atoms with Gasteiger partial charge in [-0.2, -0.15) is 5.10 Å². The van der Waals surface area contributed by atoms with Gasteiger partial charge in [0.15, 0.2) is 0 Å². The number of rotatable bonds is 4. The fraction of sp³-hybridized carbons (Fsp3) is 0. The first kappa shape index (κ1) is 15.3. The minimum absolute atomic E-state index is 0.335. The summed E-state index contributed by atoms with van der Waals surface area (Å²) in [5.74, 6) is -4.16. The highest BCUT2D eigenvalue weighted by atomic mass is 19.1. The maximum Gasteiger partial charge on any atom is 0.335 e. The molecule has 2 aromatic rings. The van der Waals surface area contributed by atoms with Gasteiger partial charge in [0, 0.05) is 5.56 Å². The molecule has 1 amide bonds. The number of benzene rings is 2. The Morgan fingerprint density at radius 3 is 2.18 bits per heavy atom. The summed E-state index contributed by atoms with van der Waals surface area (Å²) in [7, 11) is 0. The quantitative estimate of drug-likeness (QED) is 0.672. The molecule has 0 fully saturated rings. The lowest BCUT2D eigenvalue weighted by atomic mass is 10.1. The van der Waals surface area contributed by atoms with Crippen molar-refractivity contribution in [3.8, 4) is 0 Å². The topological polar surface area (TPSA) is 78.8 Å². The number of hydrogen-bond acceptors (Lipinski definition) is 3. The fourth-order valence-corrected chi connectivity index (χ4v) is 1.64. The van der Waals surface area contributed by atoms with Gasteiger partial charge in [-0.15, -0.1) is 0 Å². The second kappa shape index (κ2) is 6.57. The van der Waals surface area contributed by atoms with Crippen molar-refractivity contribution in [1.29, 1.82) is 0 Å². The van der Waals surface area contributed by atoms with Gasteiger partial charge < -0.3 is 5.11 Å². The molecule has 0 heterocycles. The van der Waals surface area contributed by atoms with Crippen molar-refractivity contribution in [3.05, 3.63) is 70.8 Å². The summed E-state index contributed by atoms with van der Waals surface area (Å²) in [6.07, 6.45) is 0.775. The molecule has 2 rings (SSSR count). The van der Waals surface area contributed by atoms with Crippen molar-refractivity contribution in [3.63, 3.8) is 0 Å². The molecule has 0 aliphatic rings. The van der Waals surface area contributed by atoms with Gasteiger partial charge in [0.2, 0.25) is 0 Å². The Hall–Kier alpha value is -3.09. The summed E-state index contributed by atoms with van der Waals surface area (Å²) < 4.78 is 27.2. The van der Waals surface area contributed by atoms with Gasteiger partial charge in [0.25, 0.3) is 5.91 Å². The van der Waals surface area contributed by atoms with Crippen LogP contribution >= 0.6 is 0 Å². The SMILES string of the molecule is O=C(O)c1cc(F)c(/C=N/NC(=O)c2ccccc2)c(F)c1. The normalized spacial score (nSPS) is 10.6. The molecule has 0 saturated heterocycles. The molecule has 0 radical (unpaired) electrons. The summed E-state index contributed by atoms with van der Waals surface area (Å²) >= 11 is 0. The van der Waals surface area contributed by atoms with Crippen LogP contribution in [0.25, 0.3) is 0 Å². The van der Waals surface area contributed by atoms with E-state index in [1.54, 1.807) is 30.3 Å². The summed E-state index contributed by atoms with van der Waals surface area (Å²) in [4.78, 5) is 22.3. The van der Waals surface area contributed by atoms with E-state index < -0.39 is 34.6 Å². The fourth-order valence-electron chi connectivity index (χ4n) is 1.64. The predicted molar refractivity (Wildman–Crippen MR) is 74.8 cm³/mol. The number of carbonyl (C=O) groups excluding carboxylic acids is 1. The Balaban J connectivity index is 2.14. The lowest BCUT2D eigenvalue weighted by Crippen LogP contribution is -2.17. The molecule has 0 aromatic heterocycles. The van der Waals surface area contributed by atoms with Crippen LogP contribution in [-0.4, -0.2) is 23.2 Å². The first-order valence-corrected chi connectivity index (χ1v) is 6.10. The maximum absolute atomic E-state index is 13.6. The number of hydrazone groups is 1. The van der Waals surface area contributed by atoms with Crippen LogP contribution in [0.5, 0.6) is 0 Å². The number of halogens is 2. The maximum atomic E-state index is 13.6. The molecular formula is C15H10F2N2O3. The molecule has 0 atom stereocenters. The van der Waals surface area contributed by atoms with E-state index in [1.807, 2.05) is 0 Å². The van der Waals surface area contributed by atoms with E-state index in [0.29, 0.717) is 17.7 Å². The minimum atomic E-state index is -1.45. The Bertz CT molecular complexity index is 723. The van der Waals surface area contributed by atoms with E-state index in [9.17, 15) is 18.4 Å². The van der Waals surface area contributed by atoms with Crippen molar-refractivity contribution in [2.75, 3.05) is 0 Å². The molecule has 0 bridgehead atoms. The van der Waals surface area contributed by atoms with Crippen LogP contribution in [0.3, 0.4) is 0 Å². The third-order valence-electron chi connectivity index (χ3n) is 2.72. The van der Waals surface area contributed by atoms with E-state index in [1.165, 1.54) is 0 Å². The molecule has 2 aromatic carbocycles. The predicted octanol–water partition coefficient (Wildman–Crippen LogP) is 2.43. The average molecular weight is 304 g/mol. The number of carboxylic acid groups (broad SMARTS) is 1. The van der Waals surface area contributed by atoms with E-state index in [0.717, 1.165) is 6.21 Å². The van der Waals surface area contributed by atoms with Gasteiger partial charge >= 0.3 is 5.97 Å². The molecule has 0 spiro atoms. The van der Waals surface area contributed by atoms with Crippen molar-refractivity contribution in [1.82, 2.24) is 5.43 Å². The summed E-state index contributed by atoms with van der Waals surface area (Å²) in [5, 5.41) is 12.1. The number of aromatic carboxylic acids is 1. The second-order valence-electron chi connectivity index (χ2n) is 4.22. The minimum Gasteiger partial charge on any atom is -0.478 e. The Morgan fingerprint density at radius 2 is 1.64 bits per heavy atom. The van der Waals surface area contributed by atoms with E-state index in [-0.39, 0.29) is 0 Å². The van der Waals surface area contributed by atoms with Crippen molar-refractivity contribution >= 4 is 18.1 Å². The number of hydrogen-bond donors (Lipinski definition) is 2. The molecule has 2 N–H and O–H groups in total. The second-order valence-corrected chi connectivity index (χ2v) is 4.22. The Kier molecular flexibility index (Phi) is 4.57. The van der Waals surface area contributed by atoms with Crippen LogP contribution < -0.4 is 5.43 Å². The summed E-state index contributed by atoms with van der Waals surface area (Å²) in [5.41, 5.74) is 1.40. The number of nitrogens with zero attached hydrogens (tertiary/aromatic N) is 1. The molecule has 22 heavy (non-hydrogen) atoms. The first-order valence-electron chi connectivity index (χ1n) is 6.10. The molecule has 0 unspecified atom stereocenters. The van der Waals surface area contributed by atoms with Gasteiger partial charge in [-0.3, -0.25) is 4.79 Å². The Morgan fingerprint density at radius 1 is 1.05 bits per heavy atom. The molecule has 112 valence electrons. The molecule has 0 aliphatic carbocycles. The van der Waals surface area contributed by atoms with Crippen LogP contribution in [0.1, 0.15) is 26.3 Å². The van der Waals surface area contributed by atoms with Crippen LogP contribution in [0.2, 0.25) is 0 Å². The number of nitrogens with one attached hydrogen (secondary N) is 1. The van der Waals surface area contributed by atoms with Gasteiger partial charge in [0.1, 0.15) is 11.6 Å². The molecule has 0 aliphatic heterocycles. The lowest BCUT2D eigenvalue weighted by molar-refractivity contribution is 0.0695. The largest absolute Gasteiger partial charge is 0.478 e. The zero-order valence-electron chi connectivity index (χ0n) is 11.1. The van der Waals surface area contributed by atoms with Crippen LogP contribution in [0, 0.1) is 11.6 Å². The van der Waals surface area contributed by atoms with Crippen molar-refractivity contribution < 1.29 is 23.5 Å². The third-order valence-corrected chi connectivity index (χ3v) is 2.72. The smallest absolute Gasteiger partial charge is 0.335 e. The van der Waals surface area contributed by atoms with Crippen molar-refractivity contribution in [2.45, 2.75) is 0 Å². The van der Waals surface area contributed by atoms with Gasteiger partial charge in [0.05, 0.1) is 17.3 Å². The lowest BCUT2D eigenvalue weighted by Gasteiger charge is -2.02. The highest BCUT2D eigenvalue weighted by Crippen LogP contribution is 2.13. The van der Waals surface area contributed by atoms with Crippen LogP contribution in [-0.2, 0) is 0 Å². The zero-order chi connectivity index (χ0) is 16.1. The Labute approximate surface area is 123 Å². The zero-order valence-corrected chi connectivity index (χ0v) is 11.1. The monoisotopic (exact) mass is 304 g/mol. The third kappa shape index (κ3) is 3.51. The van der Waals surface area contributed by atoms with Gasteiger partial charge in [-0.1, -0.05) is 18.2 Å². The van der Waals surface area contributed by atoms with Crippen molar-refractivity contribution in [2.24, 2.45) is 5.10 Å². The van der Waals surface area contributed by atoms with E-state index in [4.69, 9.17) is 5.11 Å². The average Bonchev–Trinajstić information content (AvgIpc) is 2.50. The molecule has 5 nitrogen and oxygen atoms in total. The summed E-state index contributed by atoms with van der Waals surface area (Å²) in [6, 6.07) is 9.49. The van der Waals surface area contributed by atoms with Crippen LogP contribution in [0.15, 0.2) is 47.6 Å². The molecule has 7 heteroatoms. The van der Waals surface area contributed by atoms with Gasteiger partial charge in [-0.25, -0.2) is 19.0 Å². The number of carbonyl (C=O) groups is 2. The number of amides is 1. The van der Waals surface area contributed by atoms with Gasteiger partial charge in [-0.05, 0) is 24.3 Å². The summed E-state index contributed by atoms with van der Waals surface area (Å²) in [6.45, 7) is 0. The number of carboxylic acids is 1. The van der Waals surface area contributed by atoms with E-state index in [2.05, 4.69) is 10.5 Å². The van der Waals surface area contributed by atoms with Crippen LogP contribution in [0.4, 0.5) is 8.78 Å². The van der Waals surface area contributed by atoms with E-state index >= 15 is 0 Å². The molecular weight excluding hydrogens is 294 g/mol.